The van der Waals surface area contributed by atoms with E-state index < -0.39 is 0 Å². The average molecular weight is 264 g/mol. The standard InChI is InChI=1S/C12H20N6O/c19-11(10-15-17-18-16-10)14-9-4-7-13-12(8-9)5-2-1-3-6-12/h9,13H,1-8H2,(H,14,19)(H,15,16,17,18). The van der Waals surface area contributed by atoms with Gasteiger partial charge in [0.05, 0.1) is 0 Å². The van der Waals surface area contributed by atoms with Gasteiger partial charge in [-0.25, -0.2) is 0 Å². The number of hydrogen-bond donors (Lipinski definition) is 3. The maximum absolute atomic E-state index is 11.9. The fraction of sp³-hybridized carbons (Fsp3) is 0.833. The number of tetrazole rings is 1. The number of rotatable bonds is 2. The highest BCUT2D eigenvalue weighted by atomic mass is 16.2. The molecule has 3 N–H and O–H groups in total. The summed E-state index contributed by atoms with van der Waals surface area (Å²) in [6.45, 7) is 0.969. The van der Waals surface area contributed by atoms with Crippen LogP contribution in [0.3, 0.4) is 0 Å². The van der Waals surface area contributed by atoms with Gasteiger partial charge in [-0.15, -0.1) is 10.2 Å². The van der Waals surface area contributed by atoms with E-state index in [0.29, 0.717) is 0 Å². The molecule has 2 aliphatic rings. The minimum atomic E-state index is -0.230. The SMILES string of the molecule is O=C(NC1CCNC2(CCCCC2)C1)c1nn[nH]n1. The Morgan fingerprint density at radius 2 is 2.16 bits per heavy atom. The molecule has 2 fully saturated rings. The normalized spacial score (nSPS) is 26.2. The molecule has 1 saturated carbocycles. The third-order valence-electron chi connectivity index (χ3n) is 4.32. The zero-order chi connectivity index (χ0) is 13.1. The van der Waals surface area contributed by atoms with E-state index in [0.717, 1.165) is 19.4 Å². The molecule has 1 atom stereocenters. The van der Waals surface area contributed by atoms with E-state index in [9.17, 15) is 4.79 Å². The van der Waals surface area contributed by atoms with E-state index in [4.69, 9.17) is 0 Å². The summed E-state index contributed by atoms with van der Waals surface area (Å²) in [7, 11) is 0. The van der Waals surface area contributed by atoms with Crippen molar-refractivity contribution < 1.29 is 4.79 Å². The molecule has 0 aromatic carbocycles. The lowest BCUT2D eigenvalue weighted by Crippen LogP contribution is -2.57. The van der Waals surface area contributed by atoms with Gasteiger partial charge in [0.25, 0.3) is 11.7 Å². The van der Waals surface area contributed by atoms with E-state index in [1.807, 2.05) is 0 Å². The molecular weight excluding hydrogens is 244 g/mol. The summed E-state index contributed by atoms with van der Waals surface area (Å²) in [6.07, 6.45) is 8.34. The van der Waals surface area contributed by atoms with Crippen molar-refractivity contribution in [2.45, 2.75) is 56.5 Å². The first-order valence-electron chi connectivity index (χ1n) is 7.07. The van der Waals surface area contributed by atoms with Gasteiger partial charge in [-0.05, 0) is 37.4 Å². The second-order valence-electron chi connectivity index (χ2n) is 5.67. The Hall–Kier alpha value is -1.50. The van der Waals surface area contributed by atoms with Gasteiger partial charge in [-0.2, -0.15) is 5.21 Å². The maximum atomic E-state index is 11.9. The Morgan fingerprint density at radius 3 is 2.89 bits per heavy atom. The Balaban J connectivity index is 1.60. The summed E-state index contributed by atoms with van der Waals surface area (Å²) < 4.78 is 0. The molecule has 1 spiro atoms. The van der Waals surface area contributed by atoms with Gasteiger partial charge in [0.2, 0.25) is 0 Å². The summed E-state index contributed by atoms with van der Waals surface area (Å²) in [4.78, 5) is 11.9. The number of aromatic nitrogens is 4. The van der Waals surface area contributed by atoms with Crippen molar-refractivity contribution in [3.63, 3.8) is 0 Å². The Kier molecular flexibility index (Phi) is 3.46. The first-order chi connectivity index (χ1) is 9.27. The first-order valence-corrected chi connectivity index (χ1v) is 7.07. The second-order valence-corrected chi connectivity index (χ2v) is 5.67. The number of nitrogens with one attached hydrogen (secondary N) is 3. The van der Waals surface area contributed by atoms with Crippen LogP contribution in [-0.4, -0.2) is 44.7 Å². The molecule has 1 aliphatic heterocycles. The van der Waals surface area contributed by atoms with Gasteiger partial charge in [0.15, 0.2) is 0 Å². The Bertz CT molecular complexity index is 420. The summed E-state index contributed by atoms with van der Waals surface area (Å²) in [5.74, 6) is -0.108. The molecule has 0 bridgehead atoms. The van der Waals surface area contributed by atoms with E-state index in [1.54, 1.807) is 0 Å². The van der Waals surface area contributed by atoms with Crippen LogP contribution in [0.25, 0.3) is 0 Å². The van der Waals surface area contributed by atoms with Crippen molar-refractivity contribution in [3.8, 4) is 0 Å². The summed E-state index contributed by atoms with van der Waals surface area (Å²) in [6, 6.07) is 0.213. The van der Waals surface area contributed by atoms with Crippen molar-refractivity contribution in [2.24, 2.45) is 0 Å². The van der Waals surface area contributed by atoms with Gasteiger partial charge in [-0.3, -0.25) is 4.79 Å². The number of amides is 1. The molecule has 1 saturated heterocycles. The third kappa shape index (κ3) is 2.75. The molecule has 7 nitrogen and oxygen atoms in total. The fourth-order valence-corrected chi connectivity index (χ4v) is 3.40. The van der Waals surface area contributed by atoms with Gasteiger partial charge in [0, 0.05) is 11.6 Å². The lowest BCUT2D eigenvalue weighted by Gasteiger charge is -2.44. The van der Waals surface area contributed by atoms with Crippen LogP contribution in [-0.2, 0) is 0 Å². The van der Waals surface area contributed by atoms with Gasteiger partial charge < -0.3 is 10.6 Å². The second kappa shape index (κ2) is 5.24. The molecule has 1 amide bonds. The predicted molar refractivity (Wildman–Crippen MR) is 68.5 cm³/mol. The van der Waals surface area contributed by atoms with Gasteiger partial charge >= 0.3 is 0 Å². The monoisotopic (exact) mass is 264 g/mol. The first kappa shape index (κ1) is 12.5. The molecule has 1 aromatic rings. The van der Waals surface area contributed by atoms with Crippen LogP contribution in [0.1, 0.15) is 55.6 Å². The van der Waals surface area contributed by atoms with E-state index >= 15 is 0 Å². The molecule has 1 unspecified atom stereocenters. The molecule has 1 aliphatic carbocycles. The van der Waals surface area contributed by atoms with Crippen molar-refractivity contribution >= 4 is 5.91 Å². The van der Waals surface area contributed by atoms with Crippen LogP contribution in [0.2, 0.25) is 0 Å². The lowest BCUT2D eigenvalue weighted by molar-refractivity contribution is 0.0882. The molecule has 7 heteroatoms. The minimum Gasteiger partial charge on any atom is -0.346 e. The molecule has 104 valence electrons. The number of hydrogen-bond acceptors (Lipinski definition) is 5. The van der Waals surface area contributed by atoms with Crippen molar-refractivity contribution in [2.75, 3.05) is 6.54 Å². The quantitative estimate of drug-likeness (QED) is 0.718. The molecule has 1 aromatic heterocycles. The Labute approximate surface area is 111 Å². The summed E-state index contributed by atoms with van der Waals surface area (Å²) in [5.41, 5.74) is 0.242. The fourth-order valence-electron chi connectivity index (χ4n) is 3.40. The van der Waals surface area contributed by atoms with Crippen LogP contribution < -0.4 is 10.6 Å². The third-order valence-corrected chi connectivity index (χ3v) is 4.32. The number of carbonyl (C=O) groups is 1. The highest BCUT2D eigenvalue weighted by Crippen LogP contribution is 2.34. The molecule has 0 radical (unpaired) electrons. The van der Waals surface area contributed by atoms with Crippen LogP contribution in [0, 0.1) is 0 Å². The smallest absolute Gasteiger partial charge is 0.293 e. The van der Waals surface area contributed by atoms with E-state index in [-0.39, 0.29) is 23.3 Å². The van der Waals surface area contributed by atoms with Crippen LogP contribution in [0.15, 0.2) is 0 Å². The van der Waals surface area contributed by atoms with Crippen molar-refractivity contribution in [1.29, 1.82) is 0 Å². The lowest BCUT2D eigenvalue weighted by atomic mass is 9.75. The maximum Gasteiger partial charge on any atom is 0.293 e. The zero-order valence-corrected chi connectivity index (χ0v) is 11.0. The summed E-state index contributed by atoms with van der Waals surface area (Å²) in [5, 5.41) is 19.8. The van der Waals surface area contributed by atoms with Crippen molar-refractivity contribution in [1.82, 2.24) is 31.3 Å². The largest absolute Gasteiger partial charge is 0.346 e. The minimum absolute atomic E-state index is 0.122. The van der Waals surface area contributed by atoms with Crippen LogP contribution >= 0.6 is 0 Å². The van der Waals surface area contributed by atoms with Gasteiger partial charge in [0.1, 0.15) is 0 Å². The van der Waals surface area contributed by atoms with Crippen LogP contribution in [0.4, 0.5) is 0 Å². The number of nitrogens with zero attached hydrogens (tertiary/aromatic N) is 3. The topological polar surface area (TPSA) is 95.6 Å². The number of carbonyl (C=O) groups excluding carboxylic acids is 1. The molecular formula is C12H20N6O. The average Bonchev–Trinajstić information content (AvgIpc) is 2.93. The van der Waals surface area contributed by atoms with E-state index in [1.165, 1.54) is 32.1 Å². The number of H-pyrrole nitrogens is 1. The van der Waals surface area contributed by atoms with Gasteiger partial charge in [-0.1, -0.05) is 19.3 Å². The van der Waals surface area contributed by atoms with E-state index in [2.05, 4.69) is 31.3 Å². The van der Waals surface area contributed by atoms with Crippen LogP contribution in [0.5, 0.6) is 0 Å². The molecule has 3 rings (SSSR count). The summed E-state index contributed by atoms with van der Waals surface area (Å²) >= 11 is 0. The predicted octanol–water partition coefficient (Wildman–Crippen LogP) is 0.384. The molecule has 19 heavy (non-hydrogen) atoms. The number of aromatic amines is 1. The Morgan fingerprint density at radius 1 is 1.32 bits per heavy atom. The number of piperidine rings is 1. The molecule has 2 heterocycles. The van der Waals surface area contributed by atoms with Crippen molar-refractivity contribution in [3.05, 3.63) is 5.82 Å². The highest BCUT2D eigenvalue weighted by molar-refractivity contribution is 5.90. The highest BCUT2D eigenvalue weighted by Gasteiger charge is 2.37. The zero-order valence-electron chi connectivity index (χ0n) is 11.0.